The second-order valence-corrected chi connectivity index (χ2v) is 9.96. The first-order valence-corrected chi connectivity index (χ1v) is 11.9. The molecule has 0 radical (unpaired) electrons. The van der Waals surface area contributed by atoms with Crippen molar-refractivity contribution in [2.24, 2.45) is 5.14 Å². The molecular formula is C23H27N3O6S. The molecule has 1 saturated heterocycles. The van der Waals surface area contributed by atoms with Gasteiger partial charge >= 0.3 is 0 Å². The number of imide groups is 1. The lowest BCUT2D eigenvalue weighted by atomic mass is 9.94. The summed E-state index contributed by atoms with van der Waals surface area (Å²) in [5, 5.41) is 5.12. The van der Waals surface area contributed by atoms with Crippen molar-refractivity contribution in [3.63, 3.8) is 0 Å². The van der Waals surface area contributed by atoms with Crippen LogP contribution in [0.15, 0.2) is 53.4 Å². The Kier molecular flexibility index (Phi) is 6.62. The topological polar surface area (TPSA) is 127 Å². The van der Waals surface area contributed by atoms with Crippen LogP contribution in [0.5, 0.6) is 5.75 Å². The zero-order valence-electron chi connectivity index (χ0n) is 18.9. The van der Waals surface area contributed by atoms with Crippen molar-refractivity contribution < 1.29 is 27.5 Å². The molecule has 1 aliphatic heterocycles. The van der Waals surface area contributed by atoms with Crippen molar-refractivity contribution in [2.75, 3.05) is 12.0 Å². The van der Waals surface area contributed by atoms with Crippen molar-refractivity contribution in [3.8, 4) is 5.75 Å². The third-order valence-corrected chi connectivity index (χ3v) is 6.84. The number of nitrogens with zero attached hydrogens (tertiary/aromatic N) is 2. The van der Waals surface area contributed by atoms with E-state index in [1.165, 1.54) is 36.3 Å². The van der Waals surface area contributed by atoms with Crippen LogP contribution in [-0.4, -0.2) is 49.7 Å². The molecule has 0 spiro atoms. The van der Waals surface area contributed by atoms with Crippen LogP contribution in [0.2, 0.25) is 0 Å². The van der Waals surface area contributed by atoms with Gasteiger partial charge in [0.05, 0.1) is 24.1 Å². The number of benzene rings is 2. The fourth-order valence-corrected chi connectivity index (χ4v) is 4.29. The number of sulfonamides is 1. The lowest BCUT2D eigenvalue weighted by Crippen LogP contribution is -2.55. The van der Waals surface area contributed by atoms with E-state index >= 15 is 0 Å². The number of hydrogen-bond donors (Lipinski definition) is 1. The smallest absolute Gasteiger partial charge is 0.257 e. The van der Waals surface area contributed by atoms with Gasteiger partial charge in [0.15, 0.2) is 0 Å². The van der Waals surface area contributed by atoms with E-state index < -0.39 is 39.3 Å². The van der Waals surface area contributed by atoms with Crippen molar-refractivity contribution >= 4 is 33.4 Å². The maximum Gasteiger partial charge on any atom is 0.257 e. The van der Waals surface area contributed by atoms with Gasteiger partial charge in [0.25, 0.3) is 11.8 Å². The highest BCUT2D eigenvalue weighted by molar-refractivity contribution is 7.89. The number of primary sulfonamides is 1. The number of anilines is 1. The molecule has 1 unspecified atom stereocenters. The van der Waals surface area contributed by atoms with Crippen LogP contribution in [0.1, 0.15) is 44.0 Å². The van der Waals surface area contributed by atoms with E-state index in [0.717, 1.165) is 4.90 Å². The minimum absolute atomic E-state index is 0.135. The first-order chi connectivity index (χ1) is 15.4. The zero-order valence-corrected chi connectivity index (χ0v) is 19.8. The number of ether oxygens (including phenoxy) is 1. The van der Waals surface area contributed by atoms with Crippen LogP contribution in [0.25, 0.3) is 0 Å². The number of carbonyl (C=O) groups excluding carboxylic acids is 3. The van der Waals surface area contributed by atoms with Crippen LogP contribution in [0.3, 0.4) is 0 Å². The molecule has 2 aromatic rings. The highest BCUT2D eigenvalue weighted by atomic mass is 32.2. The lowest BCUT2D eigenvalue weighted by Gasteiger charge is -2.41. The maximum atomic E-state index is 13.6. The van der Waals surface area contributed by atoms with Gasteiger partial charge in [-0.15, -0.1) is 0 Å². The standard InChI is InChI=1S/C23H27N3O6S/c1-5-23(2,3)26(21(28)15-7-6-8-17(13-15)32-4)19-14-20(27)25(22(19)29)16-9-11-18(12-10-16)33(24,30)31/h6-13,19H,5,14H2,1-4H3,(H2,24,30,31). The number of methoxy groups -OCH3 is 1. The Morgan fingerprint density at radius 3 is 2.36 bits per heavy atom. The molecule has 3 amide bonds. The SMILES string of the molecule is CCC(C)(C)N(C(=O)c1cccc(OC)c1)C1CC(=O)N(c2ccc(S(N)(=O)=O)cc2)C1=O. The summed E-state index contributed by atoms with van der Waals surface area (Å²) in [5.41, 5.74) is -0.177. The van der Waals surface area contributed by atoms with Crippen LogP contribution in [0, 0.1) is 0 Å². The van der Waals surface area contributed by atoms with Crippen LogP contribution in [-0.2, 0) is 19.6 Å². The van der Waals surface area contributed by atoms with E-state index in [1.807, 2.05) is 20.8 Å². The highest BCUT2D eigenvalue weighted by Crippen LogP contribution is 2.33. The number of hydrogen-bond acceptors (Lipinski definition) is 6. The first-order valence-electron chi connectivity index (χ1n) is 10.4. The number of amides is 3. The molecule has 176 valence electrons. The van der Waals surface area contributed by atoms with Gasteiger partial charge in [-0.25, -0.2) is 18.5 Å². The van der Waals surface area contributed by atoms with Gasteiger partial charge in [-0.1, -0.05) is 13.0 Å². The molecule has 33 heavy (non-hydrogen) atoms. The summed E-state index contributed by atoms with van der Waals surface area (Å²) in [6, 6.07) is 10.8. The Balaban J connectivity index is 1.99. The quantitative estimate of drug-likeness (QED) is 0.615. The monoisotopic (exact) mass is 473 g/mol. The maximum absolute atomic E-state index is 13.6. The summed E-state index contributed by atoms with van der Waals surface area (Å²) in [7, 11) is -2.42. The molecule has 0 bridgehead atoms. The Bertz CT molecular complexity index is 1190. The summed E-state index contributed by atoms with van der Waals surface area (Å²) in [4.78, 5) is 42.1. The van der Waals surface area contributed by atoms with Crippen molar-refractivity contribution in [1.82, 2.24) is 4.90 Å². The van der Waals surface area contributed by atoms with Crippen LogP contribution >= 0.6 is 0 Å². The molecule has 9 nitrogen and oxygen atoms in total. The Morgan fingerprint density at radius 2 is 1.82 bits per heavy atom. The third kappa shape index (κ3) is 4.76. The van der Waals surface area contributed by atoms with Crippen molar-refractivity contribution in [3.05, 3.63) is 54.1 Å². The zero-order chi connectivity index (χ0) is 24.6. The van der Waals surface area contributed by atoms with Gasteiger partial charge in [-0.2, -0.15) is 0 Å². The molecule has 10 heteroatoms. The molecule has 0 aliphatic carbocycles. The molecule has 0 aromatic heterocycles. The van der Waals surface area contributed by atoms with E-state index in [4.69, 9.17) is 9.88 Å². The largest absolute Gasteiger partial charge is 0.497 e. The predicted molar refractivity (Wildman–Crippen MR) is 122 cm³/mol. The van der Waals surface area contributed by atoms with Gasteiger partial charge in [0.2, 0.25) is 15.9 Å². The summed E-state index contributed by atoms with van der Waals surface area (Å²) in [5.74, 6) is -0.927. The summed E-state index contributed by atoms with van der Waals surface area (Å²) >= 11 is 0. The van der Waals surface area contributed by atoms with Crippen LogP contribution in [0.4, 0.5) is 5.69 Å². The average Bonchev–Trinajstić information content (AvgIpc) is 3.06. The van der Waals surface area contributed by atoms with Gasteiger partial charge in [0, 0.05) is 11.1 Å². The fourth-order valence-electron chi connectivity index (χ4n) is 3.78. The lowest BCUT2D eigenvalue weighted by molar-refractivity contribution is -0.123. The van der Waals surface area contributed by atoms with E-state index in [9.17, 15) is 22.8 Å². The fraction of sp³-hybridized carbons (Fsp3) is 0.348. The van der Waals surface area contributed by atoms with Gasteiger partial charge in [-0.3, -0.25) is 14.4 Å². The van der Waals surface area contributed by atoms with E-state index in [1.54, 1.807) is 24.3 Å². The second kappa shape index (κ2) is 8.95. The van der Waals surface area contributed by atoms with Crippen molar-refractivity contribution in [2.45, 2.75) is 50.1 Å². The molecule has 3 rings (SSSR count). The van der Waals surface area contributed by atoms with Gasteiger partial charge in [-0.05, 0) is 62.7 Å². The average molecular weight is 474 g/mol. The highest BCUT2D eigenvalue weighted by Gasteiger charge is 2.48. The van der Waals surface area contributed by atoms with Gasteiger partial charge in [0.1, 0.15) is 11.8 Å². The van der Waals surface area contributed by atoms with Gasteiger partial charge < -0.3 is 9.64 Å². The van der Waals surface area contributed by atoms with E-state index in [-0.39, 0.29) is 17.0 Å². The molecular weight excluding hydrogens is 446 g/mol. The number of carbonyl (C=O) groups is 3. The number of rotatable bonds is 7. The minimum Gasteiger partial charge on any atom is -0.497 e. The molecule has 1 heterocycles. The minimum atomic E-state index is -3.92. The molecule has 2 aromatic carbocycles. The normalized spacial score (nSPS) is 16.8. The van der Waals surface area contributed by atoms with E-state index in [0.29, 0.717) is 17.7 Å². The molecule has 1 atom stereocenters. The van der Waals surface area contributed by atoms with Crippen LogP contribution < -0.4 is 14.8 Å². The molecule has 0 saturated carbocycles. The van der Waals surface area contributed by atoms with E-state index in [2.05, 4.69) is 0 Å². The Hall–Kier alpha value is -3.24. The predicted octanol–water partition coefficient (Wildman–Crippen LogP) is 2.31. The summed E-state index contributed by atoms with van der Waals surface area (Å²) in [6.45, 7) is 5.58. The second-order valence-electron chi connectivity index (χ2n) is 8.40. The van der Waals surface area contributed by atoms with Crippen molar-refractivity contribution in [1.29, 1.82) is 0 Å². The molecule has 2 N–H and O–H groups in total. The Labute approximate surface area is 193 Å². The number of nitrogens with two attached hydrogens (primary N) is 1. The summed E-state index contributed by atoms with van der Waals surface area (Å²) < 4.78 is 28.2. The first kappa shape index (κ1) is 24.4. The molecule has 1 aliphatic rings. The Morgan fingerprint density at radius 1 is 1.18 bits per heavy atom. The summed E-state index contributed by atoms with van der Waals surface area (Å²) in [6.07, 6.45) is 0.360. The third-order valence-electron chi connectivity index (χ3n) is 5.91. The molecule has 1 fully saturated rings.